The first kappa shape index (κ1) is 13.9. The Morgan fingerprint density at radius 3 is 2.68 bits per heavy atom. The largest absolute Gasteiger partial charge is 0.376 e. The van der Waals surface area contributed by atoms with E-state index in [4.69, 9.17) is 0 Å². The molecule has 100 valence electrons. The lowest BCUT2D eigenvalue weighted by Crippen LogP contribution is -2.15. The third-order valence-electron chi connectivity index (χ3n) is 2.93. The van der Waals surface area contributed by atoms with Crippen LogP contribution in [0.4, 0.5) is 11.5 Å². The van der Waals surface area contributed by atoms with Crippen LogP contribution in [-0.2, 0) is 0 Å². The van der Waals surface area contributed by atoms with Crippen LogP contribution in [0.3, 0.4) is 0 Å². The van der Waals surface area contributed by atoms with E-state index < -0.39 is 0 Å². The molecule has 3 nitrogen and oxygen atoms in total. The molecule has 0 radical (unpaired) electrons. The predicted molar refractivity (Wildman–Crippen MR) is 84.7 cm³/mol. The molecule has 1 heterocycles. The van der Waals surface area contributed by atoms with Crippen LogP contribution in [0.15, 0.2) is 47.1 Å². The highest BCUT2D eigenvalue weighted by Gasteiger charge is 2.10. The fraction of sp³-hybridized carbons (Fsp3) is 0.267. The molecule has 0 spiro atoms. The van der Waals surface area contributed by atoms with Crippen LogP contribution < -0.4 is 10.2 Å². The zero-order valence-electron chi connectivity index (χ0n) is 11.4. The van der Waals surface area contributed by atoms with E-state index in [2.05, 4.69) is 51.4 Å². The number of hydrogen-bond acceptors (Lipinski definition) is 3. The lowest BCUT2D eigenvalue weighted by molar-refractivity contribution is 0.879. The van der Waals surface area contributed by atoms with E-state index in [1.54, 1.807) is 0 Å². The molecule has 1 N–H and O–H groups in total. The molecular formula is C15H18BrN3. The molecular weight excluding hydrogens is 302 g/mol. The summed E-state index contributed by atoms with van der Waals surface area (Å²) in [6, 6.07) is 12.6. The van der Waals surface area contributed by atoms with Crippen molar-refractivity contribution in [2.75, 3.05) is 24.3 Å². The number of halogens is 1. The van der Waals surface area contributed by atoms with E-state index in [-0.39, 0.29) is 6.04 Å². The molecule has 2 aromatic rings. The summed E-state index contributed by atoms with van der Waals surface area (Å²) in [5, 5.41) is 3.51. The first-order chi connectivity index (χ1) is 9.08. The van der Waals surface area contributed by atoms with Crippen molar-refractivity contribution in [2.24, 2.45) is 0 Å². The maximum Gasteiger partial charge on any atom is 0.151 e. The number of anilines is 2. The van der Waals surface area contributed by atoms with Gasteiger partial charge in [0, 0.05) is 30.8 Å². The number of pyridine rings is 1. The molecule has 0 saturated carbocycles. The number of hydrogen-bond donors (Lipinski definition) is 1. The average Bonchev–Trinajstić information content (AvgIpc) is 2.39. The van der Waals surface area contributed by atoms with E-state index in [9.17, 15) is 0 Å². The molecule has 1 unspecified atom stereocenters. The molecule has 1 aromatic carbocycles. The zero-order chi connectivity index (χ0) is 13.8. The van der Waals surface area contributed by atoms with Crippen molar-refractivity contribution in [1.82, 2.24) is 4.98 Å². The van der Waals surface area contributed by atoms with Crippen LogP contribution >= 0.6 is 15.9 Å². The van der Waals surface area contributed by atoms with Gasteiger partial charge in [0.25, 0.3) is 0 Å². The molecule has 1 aromatic heterocycles. The normalized spacial score (nSPS) is 12.0. The second-order valence-electron chi connectivity index (χ2n) is 4.69. The highest BCUT2D eigenvalue weighted by molar-refractivity contribution is 9.10. The molecule has 2 rings (SSSR count). The Kier molecular flexibility index (Phi) is 4.43. The van der Waals surface area contributed by atoms with Gasteiger partial charge < -0.3 is 10.2 Å². The zero-order valence-corrected chi connectivity index (χ0v) is 13.0. The SMILES string of the molecule is CC(Nc1cccnc1N(C)C)c1cccc(Br)c1. The Morgan fingerprint density at radius 2 is 2.00 bits per heavy atom. The second kappa shape index (κ2) is 6.06. The van der Waals surface area contributed by atoms with Crippen LogP contribution in [0.25, 0.3) is 0 Å². The van der Waals surface area contributed by atoms with Crippen LogP contribution in [-0.4, -0.2) is 19.1 Å². The summed E-state index contributed by atoms with van der Waals surface area (Å²) in [4.78, 5) is 6.41. The lowest BCUT2D eigenvalue weighted by Gasteiger charge is -2.21. The van der Waals surface area contributed by atoms with E-state index in [0.717, 1.165) is 16.0 Å². The van der Waals surface area contributed by atoms with Crippen molar-refractivity contribution >= 4 is 27.4 Å². The monoisotopic (exact) mass is 319 g/mol. The number of nitrogens with one attached hydrogen (secondary N) is 1. The van der Waals surface area contributed by atoms with E-state index >= 15 is 0 Å². The predicted octanol–water partition coefficient (Wildman–Crippen LogP) is 4.08. The van der Waals surface area contributed by atoms with E-state index in [1.165, 1.54) is 5.56 Å². The van der Waals surface area contributed by atoms with E-state index in [1.807, 2.05) is 43.4 Å². The smallest absolute Gasteiger partial charge is 0.151 e. The highest BCUT2D eigenvalue weighted by Crippen LogP contribution is 2.26. The fourth-order valence-corrected chi connectivity index (χ4v) is 2.38. The fourth-order valence-electron chi connectivity index (χ4n) is 1.96. The summed E-state index contributed by atoms with van der Waals surface area (Å²) < 4.78 is 1.10. The van der Waals surface area contributed by atoms with Gasteiger partial charge in [-0.1, -0.05) is 28.1 Å². The van der Waals surface area contributed by atoms with Crippen LogP contribution in [0, 0.1) is 0 Å². The van der Waals surface area contributed by atoms with Gasteiger partial charge in [-0.25, -0.2) is 4.98 Å². The van der Waals surface area contributed by atoms with Crippen molar-refractivity contribution in [1.29, 1.82) is 0 Å². The van der Waals surface area contributed by atoms with Gasteiger partial charge in [-0.2, -0.15) is 0 Å². The minimum Gasteiger partial charge on any atom is -0.376 e. The maximum atomic E-state index is 4.40. The molecule has 0 amide bonds. The van der Waals surface area contributed by atoms with Crippen molar-refractivity contribution in [3.8, 4) is 0 Å². The van der Waals surface area contributed by atoms with Crippen LogP contribution in [0.1, 0.15) is 18.5 Å². The molecule has 0 aliphatic carbocycles. The molecule has 1 atom stereocenters. The molecule has 19 heavy (non-hydrogen) atoms. The van der Waals surface area contributed by atoms with Crippen molar-refractivity contribution in [3.63, 3.8) is 0 Å². The average molecular weight is 320 g/mol. The number of aromatic nitrogens is 1. The topological polar surface area (TPSA) is 28.2 Å². The Bertz CT molecular complexity index is 555. The first-order valence-electron chi connectivity index (χ1n) is 6.22. The molecule has 0 saturated heterocycles. The Hall–Kier alpha value is -1.55. The van der Waals surface area contributed by atoms with Gasteiger partial charge in [-0.15, -0.1) is 0 Å². The van der Waals surface area contributed by atoms with Gasteiger partial charge in [0.15, 0.2) is 5.82 Å². The van der Waals surface area contributed by atoms with Crippen molar-refractivity contribution in [3.05, 3.63) is 52.6 Å². The standard InChI is InChI=1S/C15H18BrN3/c1-11(12-6-4-7-13(16)10-12)18-14-8-5-9-17-15(14)19(2)3/h4-11,18H,1-3H3. The highest BCUT2D eigenvalue weighted by atomic mass is 79.9. The summed E-state index contributed by atoms with van der Waals surface area (Å²) in [7, 11) is 3.99. The van der Waals surface area contributed by atoms with Gasteiger partial charge in [0.1, 0.15) is 0 Å². The van der Waals surface area contributed by atoms with E-state index in [0.29, 0.717) is 0 Å². The van der Waals surface area contributed by atoms with Crippen molar-refractivity contribution in [2.45, 2.75) is 13.0 Å². The maximum absolute atomic E-state index is 4.40. The van der Waals surface area contributed by atoms with Crippen molar-refractivity contribution < 1.29 is 0 Å². The van der Waals surface area contributed by atoms with Crippen LogP contribution in [0.5, 0.6) is 0 Å². The van der Waals surface area contributed by atoms with Gasteiger partial charge in [0.05, 0.1) is 5.69 Å². The Balaban J connectivity index is 2.22. The Morgan fingerprint density at radius 1 is 1.21 bits per heavy atom. The molecule has 0 fully saturated rings. The number of nitrogens with zero attached hydrogens (tertiary/aromatic N) is 2. The molecule has 0 bridgehead atoms. The summed E-state index contributed by atoms with van der Waals surface area (Å²) in [6.07, 6.45) is 1.81. The van der Waals surface area contributed by atoms with Crippen LogP contribution in [0.2, 0.25) is 0 Å². The Labute approximate surface area is 122 Å². The quantitative estimate of drug-likeness (QED) is 0.920. The number of rotatable bonds is 4. The van der Waals surface area contributed by atoms with Gasteiger partial charge in [0.2, 0.25) is 0 Å². The summed E-state index contributed by atoms with van der Waals surface area (Å²) >= 11 is 3.51. The second-order valence-corrected chi connectivity index (χ2v) is 5.61. The third-order valence-corrected chi connectivity index (χ3v) is 3.42. The molecule has 4 heteroatoms. The van der Waals surface area contributed by atoms with Gasteiger partial charge in [-0.3, -0.25) is 0 Å². The summed E-state index contributed by atoms with van der Waals surface area (Å²) in [6.45, 7) is 2.15. The number of benzene rings is 1. The third kappa shape index (κ3) is 3.47. The molecule has 0 aliphatic heterocycles. The minimum atomic E-state index is 0.223. The summed E-state index contributed by atoms with van der Waals surface area (Å²) in [5.74, 6) is 0.948. The minimum absolute atomic E-state index is 0.223. The van der Waals surface area contributed by atoms with Gasteiger partial charge >= 0.3 is 0 Å². The van der Waals surface area contributed by atoms with Gasteiger partial charge in [-0.05, 0) is 36.8 Å². The molecule has 0 aliphatic rings. The lowest BCUT2D eigenvalue weighted by atomic mass is 10.1. The summed E-state index contributed by atoms with van der Waals surface area (Å²) in [5.41, 5.74) is 2.28. The first-order valence-corrected chi connectivity index (χ1v) is 7.01.